The van der Waals surface area contributed by atoms with Crippen molar-refractivity contribution < 1.29 is 17.1 Å². The van der Waals surface area contributed by atoms with Crippen LogP contribution >= 0.6 is 15.8 Å². The maximum Gasteiger partial charge on any atom is 2.00 e. The van der Waals surface area contributed by atoms with E-state index in [9.17, 15) is 0 Å². The van der Waals surface area contributed by atoms with Crippen LogP contribution in [0.15, 0.2) is 72.8 Å². The van der Waals surface area contributed by atoms with Gasteiger partial charge in [-0.3, -0.25) is 0 Å². The van der Waals surface area contributed by atoms with Gasteiger partial charge in [0.05, 0.1) is 0 Å². The van der Waals surface area contributed by atoms with E-state index in [1.807, 2.05) is 0 Å². The quantitative estimate of drug-likeness (QED) is 0.143. The summed E-state index contributed by atoms with van der Waals surface area (Å²) in [6, 6.07) is 22.7. The smallest absolute Gasteiger partial charge is 0.358 e. The van der Waals surface area contributed by atoms with Crippen molar-refractivity contribution >= 4 is 26.5 Å². The molecule has 37 heavy (non-hydrogen) atoms. The van der Waals surface area contributed by atoms with Crippen LogP contribution in [0.4, 0.5) is 0 Å². The Kier molecular flexibility index (Phi) is 16.4. The molecule has 0 heterocycles. The normalized spacial score (nSPS) is 19.8. The predicted octanol–water partition coefficient (Wildman–Crippen LogP) is 10.4. The van der Waals surface area contributed by atoms with E-state index in [1.54, 1.807) is 10.6 Å². The Labute approximate surface area is 244 Å². The molecule has 1 fully saturated rings. The molecular weight excluding hydrogens is 526 g/mol. The van der Waals surface area contributed by atoms with Crippen molar-refractivity contribution in [2.24, 2.45) is 5.92 Å². The summed E-state index contributed by atoms with van der Waals surface area (Å²) in [5.41, 5.74) is 1.61. The average Bonchev–Trinajstić information content (AvgIpc) is 3.49. The summed E-state index contributed by atoms with van der Waals surface area (Å²) >= 11 is 0. The fourth-order valence-corrected chi connectivity index (χ4v) is 14.8. The minimum Gasteiger partial charge on any atom is -0.358 e. The summed E-state index contributed by atoms with van der Waals surface area (Å²) in [4.78, 5) is 0. The van der Waals surface area contributed by atoms with Crippen LogP contribution in [-0.2, 0) is 17.1 Å². The molecule has 2 unspecified atom stereocenters. The van der Waals surface area contributed by atoms with Crippen molar-refractivity contribution in [3.63, 3.8) is 0 Å². The van der Waals surface area contributed by atoms with Crippen molar-refractivity contribution in [1.82, 2.24) is 0 Å². The van der Waals surface area contributed by atoms with Crippen molar-refractivity contribution in [1.29, 1.82) is 0 Å². The third-order valence-corrected chi connectivity index (χ3v) is 14.4. The molecule has 0 radical (unpaired) electrons. The number of allylic oxidation sites excluding steroid dienone is 2. The molecule has 3 atom stereocenters. The van der Waals surface area contributed by atoms with Gasteiger partial charge in [-0.15, -0.1) is 0 Å². The molecule has 0 nitrogen and oxygen atoms in total. The maximum atomic E-state index is 2.58. The Morgan fingerprint density at radius 2 is 1.11 bits per heavy atom. The fraction of sp³-hybridized carbons (Fsp3) is 0.529. The van der Waals surface area contributed by atoms with Crippen LogP contribution in [0, 0.1) is 20.8 Å². The minimum absolute atomic E-state index is 0. The minimum atomic E-state index is -0.336. The molecular formula is C34H54FeP2. The zero-order valence-electron chi connectivity index (χ0n) is 25.2. The van der Waals surface area contributed by atoms with E-state index in [2.05, 4.69) is 121 Å². The molecule has 1 saturated carbocycles. The van der Waals surface area contributed by atoms with E-state index in [0.717, 1.165) is 17.2 Å². The van der Waals surface area contributed by atoms with E-state index in [0.29, 0.717) is 10.3 Å². The summed E-state index contributed by atoms with van der Waals surface area (Å²) in [6.45, 7) is 17.6. The molecule has 2 aromatic rings. The summed E-state index contributed by atoms with van der Waals surface area (Å²) < 4.78 is 0. The van der Waals surface area contributed by atoms with Gasteiger partial charge in [-0.2, -0.15) is 0 Å². The second-order valence-electron chi connectivity index (χ2n) is 12.1. The fourth-order valence-electron chi connectivity index (χ4n) is 6.43. The topological polar surface area (TPSA) is 0 Å². The van der Waals surface area contributed by atoms with E-state index in [4.69, 9.17) is 0 Å². The molecule has 2 aliphatic carbocycles. The van der Waals surface area contributed by atoms with Crippen LogP contribution in [-0.4, -0.2) is 21.6 Å². The maximum absolute atomic E-state index is 2.58. The molecule has 0 N–H and O–H groups in total. The monoisotopic (exact) mass is 580 g/mol. The van der Waals surface area contributed by atoms with Crippen LogP contribution in [0.3, 0.4) is 0 Å². The van der Waals surface area contributed by atoms with Gasteiger partial charge in [-0.05, 0) is 78.2 Å². The molecule has 0 aliphatic heterocycles. The zero-order valence-corrected chi connectivity index (χ0v) is 28.0. The second kappa shape index (κ2) is 16.6. The van der Waals surface area contributed by atoms with Crippen LogP contribution in [0.5, 0.6) is 0 Å². The van der Waals surface area contributed by atoms with Crippen LogP contribution in [0.1, 0.15) is 87.0 Å². The van der Waals surface area contributed by atoms with Gasteiger partial charge in [0.1, 0.15) is 0 Å². The Morgan fingerprint density at radius 3 is 1.46 bits per heavy atom. The van der Waals surface area contributed by atoms with Gasteiger partial charge in [0.15, 0.2) is 0 Å². The average molecular weight is 581 g/mol. The van der Waals surface area contributed by atoms with E-state index < -0.39 is 0 Å². The van der Waals surface area contributed by atoms with E-state index >= 15 is 0 Å². The van der Waals surface area contributed by atoms with Gasteiger partial charge in [0.25, 0.3) is 0 Å². The Hall–Kier alpha value is -0.441. The number of hydrogen-bond acceptors (Lipinski definition) is 0. The molecule has 2 aliphatic rings. The van der Waals surface area contributed by atoms with Crippen molar-refractivity contribution in [3.05, 3.63) is 87.7 Å². The van der Waals surface area contributed by atoms with Crippen molar-refractivity contribution in [2.45, 2.75) is 109 Å². The van der Waals surface area contributed by atoms with Crippen molar-refractivity contribution in [3.8, 4) is 0 Å². The molecule has 0 saturated heterocycles. The predicted molar refractivity (Wildman–Crippen MR) is 172 cm³/mol. The first-order chi connectivity index (χ1) is 16.1. The van der Waals surface area contributed by atoms with Gasteiger partial charge < -0.3 is 14.9 Å². The first-order valence-electron chi connectivity index (χ1n) is 13.4. The number of hydrogen-bond donors (Lipinski definition) is 0. The summed E-state index contributed by atoms with van der Waals surface area (Å²) in [6.07, 6.45) is 12.8. The van der Waals surface area contributed by atoms with Gasteiger partial charge >= 0.3 is 17.1 Å². The van der Waals surface area contributed by atoms with Crippen LogP contribution < -0.4 is 10.6 Å². The van der Waals surface area contributed by atoms with Gasteiger partial charge in [-0.1, -0.05) is 136 Å². The third kappa shape index (κ3) is 10.2. The van der Waals surface area contributed by atoms with Crippen molar-refractivity contribution in [2.75, 3.05) is 0 Å². The molecule has 0 amide bonds. The number of rotatable bonds is 5. The number of benzene rings is 2. The molecule has 4 rings (SSSR count). The Balaban J connectivity index is 0.00000145. The molecule has 0 bridgehead atoms. The first-order valence-corrected chi connectivity index (χ1v) is 16.3. The standard InChI is InChI=1S/C27H40P2.C5H8.2CH3.Fe/c1-21(24-19-14-20-25(24)29(26(2,3)4)27(5,6)7)28(22-15-10-8-11-16-22)23-17-12-9-13-18-23;1-2-4-5-3-1;;;/h8-13,15-18,21,24-25H,14,19-20H2,1-7H3;1-2H,3-5H2;2*1H3;/q;;2*-1;+2/t21-,24?,25?;;;;/m0..../s1. The summed E-state index contributed by atoms with van der Waals surface area (Å²) in [7, 11) is -0.404. The van der Waals surface area contributed by atoms with Crippen LogP contribution in [0.25, 0.3) is 0 Å². The molecule has 0 aromatic heterocycles. The van der Waals surface area contributed by atoms with Gasteiger partial charge in [-0.25, -0.2) is 0 Å². The van der Waals surface area contributed by atoms with E-state index in [-0.39, 0.29) is 47.8 Å². The van der Waals surface area contributed by atoms with E-state index in [1.165, 1.54) is 38.5 Å². The first kappa shape index (κ1) is 36.6. The molecule has 2 aromatic carbocycles. The molecule has 0 spiro atoms. The Bertz CT molecular complexity index is 820. The van der Waals surface area contributed by atoms with Crippen LogP contribution in [0.2, 0.25) is 0 Å². The third-order valence-electron chi connectivity index (χ3n) is 7.31. The zero-order chi connectivity index (χ0) is 24.8. The molecule has 3 heteroatoms. The van der Waals surface area contributed by atoms with Gasteiger partial charge in [0, 0.05) is 0 Å². The largest absolute Gasteiger partial charge is 2.00 e. The van der Waals surface area contributed by atoms with Gasteiger partial charge in [0.2, 0.25) is 0 Å². The Morgan fingerprint density at radius 1 is 0.676 bits per heavy atom. The summed E-state index contributed by atoms with van der Waals surface area (Å²) in [5, 5.41) is 3.90. The summed E-state index contributed by atoms with van der Waals surface area (Å²) in [5.74, 6) is 0.839. The second-order valence-corrected chi connectivity index (χ2v) is 18.7. The SMILES string of the molecule is C1=CCCC1.C[C@@H](C1CCCC1P(C(C)(C)C)C(C)(C)C)P(c1ccccc1)c1ccccc1.[CH3-].[CH3-].[Fe+2]. The molecule has 208 valence electrons.